The average molecular weight is 273 g/mol. The fourth-order valence-corrected chi connectivity index (χ4v) is 2.05. The third kappa shape index (κ3) is 6.11. The van der Waals surface area contributed by atoms with Crippen LogP contribution < -0.4 is 5.32 Å². The highest BCUT2D eigenvalue weighted by atomic mass is 15.1. The van der Waals surface area contributed by atoms with Crippen LogP contribution in [0.3, 0.4) is 0 Å². The van der Waals surface area contributed by atoms with Gasteiger partial charge in [0.2, 0.25) is 0 Å². The molecule has 1 N–H and O–H groups in total. The molecule has 1 rings (SSSR count). The zero-order valence-corrected chi connectivity index (χ0v) is 13.0. The number of dihydropyridines is 1. The van der Waals surface area contributed by atoms with Crippen LogP contribution in [0.5, 0.6) is 0 Å². The van der Waals surface area contributed by atoms with Crippen LogP contribution in [-0.4, -0.2) is 24.1 Å². The molecular formula is C17H27N3. The molecule has 0 saturated carbocycles. The Labute approximate surface area is 123 Å². The van der Waals surface area contributed by atoms with Crippen LogP contribution in [0.15, 0.2) is 47.1 Å². The van der Waals surface area contributed by atoms with E-state index < -0.39 is 0 Å². The standard InChI is InChI=1S/C17H27N3/c1-5-7-9-15(18-6-2)12-13-19-17-11-8-10-16(20-17)14(3)4/h5-8,10,14,17,19H,2,9,11-13H2,1,3-4H3/b7-5-,18-15?. The van der Waals surface area contributed by atoms with Gasteiger partial charge in [0.05, 0.1) is 0 Å². The van der Waals surface area contributed by atoms with E-state index in [0.29, 0.717) is 5.92 Å². The monoisotopic (exact) mass is 273 g/mol. The fourth-order valence-electron chi connectivity index (χ4n) is 2.05. The summed E-state index contributed by atoms with van der Waals surface area (Å²) in [4.78, 5) is 9.06. The fraction of sp³-hybridized carbons (Fsp3) is 0.529. The van der Waals surface area contributed by atoms with Crippen molar-refractivity contribution in [2.45, 2.75) is 46.2 Å². The van der Waals surface area contributed by atoms with Crippen molar-refractivity contribution in [1.82, 2.24) is 5.32 Å². The molecule has 1 heterocycles. The van der Waals surface area contributed by atoms with Gasteiger partial charge >= 0.3 is 0 Å². The van der Waals surface area contributed by atoms with E-state index in [2.05, 4.69) is 55.0 Å². The van der Waals surface area contributed by atoms with E-state index in [-0.39, 0.29) is 6.17 Å². The third-order valence-corrected chi connectivity index (χ3v) is 3.20. The first-order valence-electron chi connectivity index (χ1n) is 7.42. The Hall–Kier alpha value is -1.48. The van der Waals surface area contributed by atoms with Crippen LogP contribution >= 0.6 is 0 Å². The molecule has 0 radical (unpaired) electrons. The van der Waals surface area contributed by atoms with Crippen LogP contribution in [0.4, 0.5) is 0 Å². The van der Waals surface area contributed by atoms with Crippen LogP contribution in [0, 0.1) is 5.92 Å². The molecular weight excluding hydrogens is 246 g/mol. The van der Waals surface area contributed by atoms with E-state index in [1.165, 1.54) is 5.71 Å². The van der Waals surface area contributed by atoms with Crippen molar-refractivity contribution in [3.05, 3.63) is 37.1 Å². The highest BCUT2D eigenvalue weighted by Gasteiger charge is 2.12. The van der Waals surface area contributed by atoms with Crippen LogP contribution in [0.2, 0.25) is 0 Å². The van der Waals surface area contributed by atoms with Crippen molar-refractivity contribution in [1.29, 1.82) is 0 Å². The molecule has 3 heteroatoms. The highest BCUT2D eigenvalue weighted by Crippen LogP contribution is 2.10. The summed E-state index contributed by atoms with van der Waals surface area (Å²) in [6.07, 6.45) is 13.2. The zero-order chi connectivity index (χ0) is 14.8. The summed E-state index contributed by atoms with van der Waals surface area (Å²) in [5.41, 5.74) is 2.34. The minimum Gasteiger partial charge on any atom is -0.295 e. The molecule has 20 heavy (non-hydrogen) atoms. The molecule has 0 spiro atoms. The van der Waals surface area contributed by atoms with E-state index in [0.717, 1.165) is 31.5 Å². The van der Waals surface area contributed by atoms with Crippen molar-refractivity contribution in [2.24, 2.45) is 15.9 Å². The molecule has 0 amide bonds. The number of aliphatic imine (C=N–C) groups is 2. The normalized spacial score (nSPS) is 19.7. The van der Waals surface area contributed by atoms with E-state index in [1.807, 2.05) is 6.92 Å². The summed E-state index contributed by atoms with van der Waals surface area (Å²) in [5.74, 6) is 0.489. The summed E-state index contributed by atoms with van der Waals surface area (Å²) in [6, 6.07) is 0. The minimum atomic E-state index is 0.212. The molecule has 0 fully saturated rings. The number of hydrogen-bond donors (Lipinski definition) is 1. The van der Waals surface area contributed by atoms with Gasteiger partial charge in [0.1, 0.15) is 6.17 Å². The van der Waals surface area contributed by atoms with Gasteiger partial charge in [-0.15, -0.1) is 0 Å². The molecule has 110 valence electrons. The molecule has 3 nitrogen and oxygen atoms in total. The van der Waals surface area contributed by atoms with Gasteiger partial charge in [-0.3, -0.25) is 15.3 Å². The third-order valence-electron chi connectivity index (χ3n) is 3.20. The predicted molar refractivity (Wildman–Crippen MR) is 89.5 cm³/mol. The second-order valence-electron chi connectivity index (χ2n) is 5.22. The van der Waals surface area contributed by atoms with Crippen LogP contribution in [0.1, 0.15) is 40.0 Å². The molecule has 1 aliphatic heterocycles. The SMILES string of the molecule is C=CN=C(C/C=C\C)CCNC1CC=CC(C(C)C)=N1. The van der Waals surface area contributed by atoms with E-state index in [9.17, 15) is 0 Å². The van der Waals surface area contributed by atoms with Gasteiger partial charge in [0.15, 0.2) is 0 Å². The highest BCUT2D eigenvalue weighted by molar-refractivity contribution is 5.97. The Kier molecular flexibility index (Phi) is 7.81. The number of nitrogens with zero attached hydrogens (tertiary/aromatic N) is 2. The smallest absolute Gasteiger partial charge is 0.103 e. The van der Waals surface area contributed by atoms with Crippen molar-refractivity contribution < 1.29 is 0 Å². The lowest BCUT2D eigenvalue weighted by Crippen LogP contribution is -2.32. The van der Waals surface area contributed by atoms with Crippen LogP contribution in [-0.2, 0) is 0 Å². The van der Waals surface area contributed by atoms with Crippen molar-refractivity contribution >= 4 is 11.4 Å². The topological polar surface area (TPSA) is 36.8 Å². The first kappa shape index (κ1) is 16.6. The number of hydrogen-bond acceptors (Lipinski definition) is 3. The molecule has 1 aliphatic rings. The quantitative estimate of drug-likeness (QED) is 0.528. The lowest BCUT2D eigenvalue weighted by molar-refractivity contribution is 0.537. The number of nitrogens with one attached hydrogen (secondary N) is 1. The van der Waals surface area contributed by atoms with E-state index in [1.54, 1.807) is 6.20 Å². The molecule has 0 aromatic carbocycles. The van der Waals surface area contributed by atoms with Crippen molar-refractivity contribution in [2.75, 3.05) is 6.54 Å². The first-order valence-corrected chi connectivity index (χ1v) is 7.42. The van der Waals surface area contributed by atoms with E-state index >= 15 is 0 Å². The largest absolute Gasteiger partial charge is 0.295 e. The molecule has 1 atom stereocenters. The molecule has 1 unspecified atom stereocenters. The molecule has 0 aromatic rings. The van der Waals surface area contributed by atoms with Gasteiger partial charge in [-0.05, 0) is 25.3 Å². The van der Waals surface area contributed by atoms with Gasteiger partial charge in [0, 0.05) is 37.0 Å². The average Bonchev–Trinajstić information content (AvgIpc) is 2.45. The Morgan fingerprint density at radius 3 is 3.05 bits per heavy atom. The molecule has 0 saturated heterocycles. The van der Waals surface area contributed by atoms with Gasteiger partial charge < -0.3 is 0 Å². The predicted octanol–water partition coefficient (Wildman–Crippen LogP) is 3.90. The summed E-state index contributed by atoms with van der Waals surface area (Å²) in [5, 5.41) is 3.49. The minimum absolute atomic E-state index is 0.212. The molecule has 0 aliphatic carbocycles. The van der Waals surface area contributed by atoms with Crippen molar-refractivity contribution in [3.8, 4) is 0 Å². The summed E-state index contributed by atoms with van der Waals surface area (Å²) in [6.45, 7) is 11.0. The maximum absolute atomic E-state index is 4.73. The maximum Gasteiger partial charge on any atom is 0.103 e. The van der Waals surface area contributed by atoms with Gasteiger partial charge in [-0.2, -0.15) is 0 Å². The van der Waals surface area contributed by atoms with Crippen molar-refractivity contribution in [3.63, 3.8) is 0 Å². The second kappa shape index (κ2) is 9.43. The lowest BCUT2D eigenvalue weighted by Gasteiger charge is -2.19. The summed E-state index contributed by atoms with van der Waals surface area (Å²) in [7, 11) is 0. The Morgan fingerprint density at radius 1 is 1.60 bits per heavy atom. The second-order valence-corrected chi connectivity index (χ2v) is 5.22. The molecule has 0 aromatic heterocycles. The lowest BCUT2D eigenvalue weighted by atomic mass is 10.0. The number of allylic oxidation sites excluding steroid dienone is 3. The maximum atomic E-state index is 4.73. The Bertz CT molecular complexity index is 414. The van der Waals surface area contributed by atoms with E-state index in [4.69, 9.17) is 4.99 Å². The Balaban J connectivity index is 2.41. The zero-order valence-electron chi connectivity index (χ0n) is 13.0. The molecule has 0 bridgehead atoms. The van der Waals surface area contributed by atoms with Gasteiger partial charge in [0.25, 0.3) is 0 Å². The Morgan fingerprint density at radius 2 is 2.40 bits per heavy atom. The van der Waals surface area contributed by atoms with Crippen LogP contribution in [0.25, 0.3) is 0 Å². The number of rotatable bonds is 8. The first-order chi connectivity index (χ1) is 9.67. The summed E-state index contributed by atoms with van der Waals surface area (Å²) < 4.78 is 0. The van der Waals surface area contributed by atoms with Gasteiger partial charge in [-0.25, -0.2) is 0 Å². The summed E-state index contributed by atoms with van der Waals surface area (Å²) >= 11 is 0. The van der Waals surface area contributed by atoms with Gasteiger partial charge in [-0.1, -0.05) is 38.7 Å².